The number of amidine groups is 1. The maximum Gasteiger partial charge on any atom is 0.285 e. The molecule has 0 bridgehead atoms. The van der Waals surface area contributed by atoms with E-state index in [4.69, 9.17) is 0 Å². The van der Waals surface area contributed by atoms with Gasteiger partial charge in [-0.15, -0.1) is 4.40 Å². The number of amides is 2. The van der Waals surface area contributed by atoms with Crippen LogP contribution in [0.5, 0.6) is 0 Å². The topological polar surface area (TPSA) is 108 Å². The lowest BCUT2D eigenvalue weighted by Crippen LogP contribution is -2.42. The largest absolute Gasteiger partial charge is 0.349 e. The lowest BCUT2D eigenvalue weighted by atomic mass is 10.0. The minimum Gasteiger partial charge on any atom is -0.349 e. The number of nitrogens with zero attached hydrogens (tertiary/aromatic N) is 2. The summed E-state index contributed by atoms with van der Waals surface area (Å²) in [6.07, 6.45) is 0.803. The van der Waals surface area contributed by atoms with E-state index in [1.54, 1.807) is 49.5 Å². The quantitative estimate of drug-likeness (QED) is 0.715. The van der Waals surface area contributed by atoms with Crippen LogP contribution in [0.4, 0.5) is 5.69 Å². The van der Waals surface area contributed by atoms with Crippen molar-refractivity contribution in [3.05, 3.63) is 59.7 Å². The molecule has 0 unspecified atom stereocenters. The first-order chi connectivity index (χ1) is 14.5. The van der Waals surface area contributed by atoms with Crippen LogP contribution in [0.3, 0.4) is 0 Å². The molecule has 2 amide bonds. The van der Waals surface area contributed by atoms with Crippen molar-refractivity contribution in [1.82, 2.24) is 10.2 Å². The highest BCUT2D eigenvalue weighted by molar-refractivity contribution is 7.90. The number of likely N-dealkylation sites (N-methyl/N-ethyl adjacent to an activating group) is 1. The molecular formula is C22H26N4O4S. The highest BCUT2D eigenvalue weighted by Crippen LogP contribution is 2.26. The van der Waals surface area contributed by atoms with E-state index in [2.05, 4.69) is 15.0 Å². The van der Waals surface area contributed by atoms with Crippen LogP contribution in [-0.2, 0) is 14.8 Å². The summed E-state index contributed by atoms with van der Waals surface area (Å²) >= 11 is 0. The fourth-order valence-corrected chi connectivity index (χ4v) is 4.28. The maximum atomic E-state index is 12.5. The second-order valence-corrected chi connectivity index (χ2v) is 9.63. The van der Waals surface area contributed by atoms with Gasteiger partial charge in [0.25, 0.3) is 15.9 Å². The number of benzene rings is 2. The van der Waals surface area contributed by atoms with Gasteiger partial charge < -0.3 is 15.5 Å². The Labute approximate surface area is 182 Å². The van der Waals surface area contributed by atoms with Crippen molar-refractivity contribution >= 4 is 33.4 Å². The first-order valence-corrected chi connectivity index (χ1v) is 11.3. The second-order valence-electron chi connectivity index (χ2n) is 8.06. The molecule has 0 atom stereocenters. The van der Waals surface area contributed by atoms with Crippen LogP contribution in [0.15, 0.2) is 57.8 Å². The molecule has 164 valence electrons. The number of hydrogen-bond donors (Lipinski definition) is 2. The summed E-state index contributed by atoms with van der Waals surface area (Å²) in [5, 5.41) is 5.71. The van der Waals surface area contributed by atoms with Gasteiger partial charge in [-0.3, -0.25) is 9.59 Å². The summed E-state index contributed by atoms with van der Waals surface area (Å²) < 4.78 is 28.2. The number of carbonyl (C=O) groups is 2. The second kappa shape index (κ2) is 8.50. The lowest BCUT2D eigenvalue weighted by Gasteiger charge is -2.24. The highest BCUT2D eigenvalue weighted by Gasteiger charge is 2.30. The Morgan fingerprint density at radius 3 is 2.35 bits per heavy atom. The fourth-order valence-electron chi connectivity index (χ4n) is 3.03. The number of carbonyl (C=O) groups excluding carboxylic acids is 2. The molecule has 3 rings (SSSR count). The van der Waals surface area contributed by atoms with Crippen molar-refractivity contribution < 1.29 is 18.0 Å². The number of rotatable bonds is 6. The van der Waals surface area contributed by atoms with E-state index in [1.807, 2.05) is 20.8 Å². The van der Waals surface area contributed by atoms with E-state index >= 15 is 0 Å². The molecule has 1 aliphatic rings. The molecule has 1 aliphatic heterocycles. The molecule has 2 aromatic rings. The van der Waals surface area contributed by atoms with Gasteiger partial charge in [0.05, 0.1) is 6.54 Å². The predicted octanol–water partition coefficient (Wildman–Crippen LogP) is 2.62. The van der Waals surface area contributed by atoms with Crippen molar-refractivity contribution in [2.75, 3.05) is 18.9 Å². The van der Waals surface area contributed by atoms with Crippen LogP contribution in [0.1, 0.15) is 43.1 Å². The Morgan fingerprint density at radius 1 is 1.06 bits per heavy atom. The number of hydrogen-bond acceptors (Lipinski definition) is 5. The molecule has 2 aromatic carbocycles. The van der Waals surface area contributed by atoms with Crippen LogP contribution in [0.2, 0.25) is 0 Å². The van der Waals surface area contributed by atoms with E-state index in [9.17, 15) is 18.0 Å². The first kappa shape index (κ1) is 22.5. The van der Waals surface area contributed by atoms with Crippen LogP contribution in [-0.4, -0.2) is 50.1 Å². The van der Waals surface area contributed by atoms with Crippen molar-refractivity contribution in [2.24, 2.45) is 4.40 Å². The van der Waals surface area contributed by atoms with Crippen molar-refractivity contribution in [3.8, 4) is 0 Å². The molecule has 8 nitrogen and oxygen atoms in total. The summed E-state index contributed by atoms with van der Waals surface area (Å²) in [6.45, 7) is 5.82. The molecule has 31 heavy (non-hydrogen) atoms. The molecular weight excluding hydrogens is 416 g/mol. The summed E-state index contributed by atoms with van der Waals surface area (Å²) in [4.78, 5) is 26.4. The van der Waals surface area contributed by atoms with Crippen LogP contribution >= 0.6 is 0 Å². The number of anilines is 1. The van der Waals surface area contributed by atoms with Crippen LogP contribution in [0, 0.1) is 0 Å². The molecule has 0 spiro atoms. The molecule has 0 radical (unpaired) electrons. The van der Waals surface area contributed by atoms with Crippen LogP contribution in [0.25, 0.3) is 0 Å². The van der Waals surface area contributed by atoms with Gasteiger partial charge in [-0.1, -0.05) is 19.1 Å². The van der Waals surface area contributed by atoms with Gasteiger partial charge in [0.1, 0.15) is 4.90 Å². The van der Waals surface area contributed by atoms with Gasteiger partial charge in [0.15, 0.2) is 5.84 Å². The standard InChI is InChI=1S/C22H26N4O4S/c1-5-22(2,3)24-21(28)15-10-12-16(13-11-15)23-19(27)14-26(4)20-17-8-6-7-9-18(17)31(29,30)25-20/h6-13H,5,14H2,1-4H3,(H,23,27)(H,24,28). The van der Waals surface area contributed by atoms with Crippen molar-refractivity contribution in [1.29, 1.82) is 0 Å². The zero-order valence-electron chi connectivity index (χ0n) is 18.0. The molecule has 0 saturated heterocycles. The van der Waals surface area contributed by atoms with Gasteiger partial charge in [-0.2, -0.15) is 8.42 Å². The summed E-state index contributed by atoms with van der Waals surface area (Å²) in [6, 6.07) is 13.1. The lowest BCUT2D eigenvalue weighted by molar-refractivity contribution is -0.116. The minimum absolute atomic E-state index is 0.0877. The smallest absolute Gasteiger partial charge is 0.285 e. The Bertz CT molecular complexity index is 1140. The Morgan fingerprint density at radius 2 is 1.71 bits per heavy atom. The molecule has 9 heteroatoms. The Hall–Kier alpha value is -3.20. The van der Waals surface area contributed by atoms with Gasteiger partial charge in [-0.25, -0.2) is 0 Å². The monoisotopic (exact) mass is 442 g/mol. The summed E-state index contributed by atoms with van der Waals surface area (Å²) in [5.74, 6) is -0.281. The molecule has 2 N–H and O–H groups in total. The molecule has 0 aromatic heterocycles. The minimum atomic E-state index is -3.75. The SMILES string of the molecule is CCC(C)(C)NC(=O)c1ccc(NC(=O)CN(C)C2=NS(=O)(=O)c3ccccc32)cc1. The molecule has 0 fully saturated rings. The number of sulfonamides is 1. The molecule has 1 heterocycles. The van der Waals surface area contributed by atoms with E-state index in [1.165, 1.54) is 11.0 Å². The molecule has 0 aliphatic carbocycles. The highest BCUT2D eigenvalue weighted by atomic mass is 32.2. The zero-order chi connectivity index (χ0) is 22.8. The van der Waals surface area contributed by atoms with Crippen molar-refractivity contribution in [2.45, 2.75) is 37.6 Å². The summed E-state index contributed by atoms with van der Waals surface area (Å²) in [7, 11) is -2.14. The van der Waals surface area contributed by atoms with Gasteiger partial charge in [0.2, 0.25) is 5.91 Å². The number of nitrogens with one attached hydrogen (secondary N) is 2. The fraction of sp³-hybridized carbons (Fsp3) is 0.318. The third-order valence-electron chi connectivity index (χ3n) is 5.12. The Kier molecular flexibility index (Phi) is 6.17. The number of fused-ring (bicyclic) bond motifs is 1. The normalized spacial score (nSPS) is 14.4. The van der Waals surface area contributed by atoms with Gasteiger partial charge in [-0.05, 0) is 56.7 Å². The van der Waals surface area contributed by atoms with E-state index in [-0.39, 0.29) is 34.6 Å². The summed E-state index contributed by atoms with van der Waals surface area (Å²) in [5.41, 5.74) is 1.21. The zero-order valence-corrected chi connectivity index (χ0v) is 18.8. The molecule has 0 saturated carbocycles. The van der Waals surface area contributed by atoms with Crippen molar-refractivity contribution in [3.63, 3.8) is 0 Å². The maximum absolute atomic E-state index is 12.5. The van der Waals surface area contributed by atoms with E-state index in [0.717, 1.165) is 6.42 Å². The van der Waals surface area contributed by atoms with Crippen LogP contribution < -0.4 is 10.6 Å². The average Bonchev–Trinajstić information content (AvgIpc) is 2.99. The predicted molar refractivity (Wildman–Crippen MR) is 120 cm³/mol. The average molecular weight is 443 g/mol. The third kappa shape index (κ3) is 5.11. The first-order valence-electron chi connectivity index (χ1n) is 9.90. The van der Waals surface area contributed by atoms with E-state index in [0.29, 0.717) is 16.8 Å². The van der Waals surface area contributed by atoms with E-state index < -0.39 is 10.0 Å². The van der Waals surface area contributed by atoms with Gasteiger partial charge >= 0.3 is 0 Å². The Balaban J connectivity index is 1.63. The third-order valence-corrected chi connectivity index (χ3v) is 6.45. The van der Waals surface area contributed by atoms with Gasteiger partial charge in [0, 0.05) is 29.4 Å².